The molecule has 7 heteroatoms. The second kappa shape index (κ2) is 7.78. The standard InChI is InChI=1S/C21H18ClN3O3/c1-13-10-15(22)2-4-17(13)25-21(26)14-6-7-23-20(11-14)24-16-3-5-18-19(12-16)28-9-8-27-18/h2-7,10-12H,8-9H2,1H3,(H,23,24)(H,25,26). The largest absolute Gasteiger partial charge is 0.486 e. The topological polar surface area (TPSA) is 72.5 Å². The molecule has 1 amide bonds. The number of hydrogen-bond donors (Lipinski definition) is 2. The molecule has 0 saturated carbocycles. The van der Waals surface area contributed by atoms with Crippen LogP contribution in [0.4, 0.5) is 17.2 Å². The minimum absolute atomic E-state index is 0.224. The molecule has 0 bridgehead atoms. The Morgan fingerprint density at radius 2 is 1.86 bits per heavy atom. The van der Waals surface area contributed by atoms with E-state index in [-0.39, 0.29) is 5.91 Å². The Morgan fingerprint density at radius 3 is 2.68 bits per heavy atom. The summed E-state index contributed by atoms with van der Waals surface area (Å²) in [5.41, 5.74) is 2.89. The van der Waals surface area contributed by atoms with Crippen molar-refractivity contribution in [1.82, 2.24) is 4.98 Å². The number of carbonyl (C=O) groups excluding carboxylic acids is 1. The number of benzene rings is 2. The summed E-state index contributed by atoms with van der Waals surface area (Å²) in [5.74, 6) is 1.73. The SMILES string of the molecule is Cc1cc(Cl)ccc1NC(=O)c1ccnc(Nc2ccc3c(c2)OCCO3)c1. The first kappa shape index (κ1) is 18.1. The molecule has 0 unspecified atom stereocenters. The van der Waals surface area contributed by atoms with Gasteiger partial charge >= 0.3 is 0 Å². The van der Waals surface area contributed by atoms with Crippen molar-refractivity contribution in [2.45, 2.75) is 6.92 Å². The van der Waals surface area contributed by atoms with Gasteiger partial charge in [0.1, 0.15) is 19.0 Å². The Kier molecular flexibility index (Phi) is 5.04. The van der Waals surface area contributed by atoms with Gasteiger partial charge in [0.15, 0.2) is 11.5 Å². The highest BCUT2D eigenvalue weighted by Crippen LogP contribution is 2.33. The number of pyridine rings is 1. The molecule has 1 aromatic heterocycles. The monoisotopic (exact) mass is 395 g/mol. The maximum atomic E-state index is 12.6. The number of anilines is 3. The van der Waals surface area contributed by atoms with E-state index in [2.05, 4.69) is 15.6 Å². The average Bonchev–Trinajstić information content (AvgIpc) is 2.70. The van der Waals surface area contributed by atoms with Crippen LogP contribution in [0.3, 0.4) is 0 Å². The summed E-state index contributed by atoms with van der Waals surface area (Å²) < 4.78 is 11.1. The molecule has 1 aliphatic heterocycles. The van der Waals surface area contributed by atoms with Gasteiger partial charge in [-0.25, -0.2) is 4.98 Å². The molecule has 0 radical (unpaired) electrons. The van der Waals surface area contributed by atoms with Gasteiger partial charge in [-0.05, 0) is 55.0 Å². The molecule has 142 valence electrons. The number of carbonyl (C=O) groups is 1. The number of hydrogen-bond acceptors (Lipinski definition) is 5. The number of fused-ring (bicyclic) bond motifs is 1. The van der Waals surface area contributed by atoms with Crippen molar-refractivity contribution in [3.05, 3.63) is 70.9 Å². The lowest BCUT2D eigenvalue weighted by atomic mass is 10.2. The molecule has 0 atom stereocenters. The quantitative estimate of drug-likeness (QED) is 0.663. The van der Waals surface area contributed by atoms with E-state index in [4.69, 9.17) is 21.1 Å². The highest BCUT2D eigenvalue weighted by Gasteiger charge is 2.13. The molecular formula is C21H18ClN3O3. The molecule has 6 nitrogen and oxygen atoms in total. The fourth-order valence-electron chi connectivity index (χ4n) is 2.87. The summed E-state index contributed by atoms with van der Waals surface area (Å²) in [6, 6.07) is 14.2. The lowest BCUT2D eigenvalue weighted by Gasteiger charge is -2.19. The fraction of sp³-hybridized carbons (Fsp3) is 0.143. The molecule has 0 aliphatic carbocycles. The lowest BCUT2D eigenvalue weighted by Crippen LogP contribution is -2.15. The van der Waals surface area contributed by atoms with Crippen LogP contribution in [0.15, 0.2) is 54.7 Å². The Morgan fingerprint density at radius 1 is 1.04 bits per heavy atom. The maximum Gasteiger partial charge on any atom is 0.255 e. The zero-order valence-electron chi connectivity index (χ0n) is 15.2. The number of amides is 1. The van der Waals surface area contributed by atoms with Crippen LogP contribution >= 0.6 is 11.6 Å². The van der Waals surface area contributed by atoms with Crippen LogP contribution in [0, 0.1) is 6.92 Å². The minimum atomic E-state index is -0.224. The van der Waals surface area contributed by atoms with Gasteiger partial charge in [0, 0.05) is 34.2 Å². The van der Waals surface area contributed by atoms with E-state index >= 15 is 0 Å². The third-order valence-electron chi connectivity index (χ3n) is 4.27. The first-order valence-corrected chi connectivity index (χ1v) is 9.16. The van der Waals surface area contributed by atoms with Crippen LogP contribution in [-0.2, 0) is 0 Å². The Balaban J connectivity index is 1.50. The average molecular weight is 396 g/mol. The molecule has 0 saturated heterocycles. The number of nitrogens with one attached hydrogen (secondary N) is 2. The zero-order chi connectivity index (χ0) is 19.5. The number of ether oxygens (including phenoxy) is 2. The Bertz CT molecular complexity index is 1040. The molecular weight excluding hydrogens is 378 g/mol. The molecule has 28 heavy (non-hydrogen) atoms. The molecule has 2 aromatic carbocycles. The van der Waals surface area contributed by atoms with Crippen molar-refractivity contribution in [1.29, 1.82) is 0 Å². The van der Waals surface area contributed by atoms with E-state index in [0.717, 1.165) is 17.0 Å². The Hall–Kier alpha value is -3.25. The Labute approximate surface area is 167 Å². The second-order valence-corrected chi connectivity index (χ2v) is 6.76. The molecule has 0 spiro atoms. The van der Waals surface area contributed by atoms with Crippen molar-refractivity contribution < 1.29 is 14.3 Å². The summed E-state index contributed by atoms with van der Waals surface area (Å²) in [6.07, 6.45) is 1.59. The van der Waals surface area contributed by atoms with Crippen LogP contribution in [0.2, 0.25) is 5.02 Å². The van der Waals surface area contributed by atoms with Crippen molar-refractivity contribution >= 4 is 34.7 Å². The minimum Gasteiger partial charge on any atom is -0.486 e. The van der Waals surface area contributed by atoms with Crippen molar-refractivity contribution in [2.75, 3.05) is 23.8 Å². The predicted molar refractivity (Wildman–Crippen MR) is 109 cm³/mol. The fourth-order valence-corrected chi connectivity index (χ4v) is 3.10. The van der Waals surface area contributed by atoms with Crippen LogP contribution in [-0.4, -0.2) is 24.1 Å². The van der Waals surface area contributed by atoms with Gasteiger partial charge in [-0.15, -0.1) is 0 Å². The zero-order valence-corrected chi connectivity index (χ0v) is 15.9. The van der Waals surface area contributed by atoms with Gasteiger partial charge < -0.3 is 20.1 Å². The van der Waals surface area contributed by atoms with Crippen molar-refractivity contribution in [2.24, 2.45) is 0 Å². The van der Waals surface area contributed by atoms with Crippen LogP contribution in [0.5, 0.6) is 11.5 Å². The number of aromatic nitrogens is 1. The lowest BCUT2D eigenvalue weighted by molar-refractivity contribution is 0.102. The van der Waals surface area contributed by atoms with E-state index in [1.54, 1.807) is 36.5 Å². The maximum absolute atomic E-state index is 12.6. The van der Waals surface area contributed by atoms with Gasteiger partial charge in [0.25, 0.3) is 5.91 Å². The van der Waals surface area contributed by atoms with Crippen LogP contribution in [0.25, 0.3) is 0 Å². The molecule has 3 aromatic rings. The van der Waals surface area contributed by atoms with Gasteiger partial charge in [-0.1, -0.05) is 11.6 Å². The summed E-state index contributed by atoms with van der Waals surface area (Å²) in [6.45, 7) is 2.96. The van der Waals surface area contributed by atoms with Crippen LogP contribution in [0.1, 0.15) is 15.9 Å². The van der Waals surface area contributed by atoms with Gasteiger partial charge in [0.2, 0.25) is 0 Å². The van der Waals surface area contributed by atoms with Gasteiger partial charge in [-0.2, -0.15) is 0 Å². The number of rotatable bonds is 4. The normalized spacial score (nSPS) is 12.4. The summed E-state index contributed by atoms with van der Waals surface area (Å²) in [4.78, 5) is 16.9. The summed E-state index contributed by atoms with van der Waals surface area (Å²) in [7, 11) is 0. The van der Waals surface area contributed by atoms with E-state index in [0.29, 0.717) is 41.1 Å². The highest BCUT2D eigenvalue weighted by atomic mass is 35.5. The molecule has 2 N–H and O–H groups in total. The summed E-state index contributed by atoms with van der Waals surface area (Å²) in [5, 5.41) is 6.71. The first-order chi connectivity index (χ1) is 13.6. The third-order valence-corrected chi connectivity index (χ3v) is 4.51. The van der Waals surface area contributed by atoms with E-state index < -0.39 is 0 Å². The van der Waals surface area contributed by atoms with Crippen molar-refractivity contribution in [3.8, 4) is 11.5 Å². The third kappa shape index (κ3) is 4.02. The number of aryl methyl sites for hydroxylation is 1. The number of halogens is 1. The highest BCUT2D eigenvalue weighted by molar-refractivity contribution is 6.30. The van der Waals surface area contributed by atoms with Gasteiger partial charge in [0.05, 0.1) is 0 Å². The summed E-state index contributed by atoms with van der Waals surface area (Å²) >= 11 is 5.97. The van der Waals surface area contributed by atoms with Gasteiger partial charge in [-0.3, -0.25) is 4.79 Å². The predicted octanol–water partition coefficient (Wildman–Crippen LogP) is 4.81. The van der Waals surface area contributed by atoms with E-state index in [9.17, 15) is 4.79 Å². The van der Waals surface area contributed by atoms with E-state index in [1.165, 1.54) is 0 Å². The molecule has 1 aliphatic rings. The van der Waals surface area contributed by atoms with E-state index in [1.807, 2.05) is 25.1 Å². The number of nitrogens with zero attached hydrogens (tertiary/aromatic N) is 1. The molecule has 0 fully saturated rings. The first-order valence-electron chi connectivity index (χ1n) is 8.79. The van der Waals surface area contributed by atoms with Crippen LogP contribution < -0.4 is 20.1 Å². The molecule has 4 rings (SSSR count). The second-order valence-electron chi connectivity index (χ2n) is 6.33. The molecule has 2 heterocycles. The smallest absolute Gasteiger partial charge is 0.255 e. The van der Waals surface area contributed by atoms with Crippen molar-refractivity contribution in [3.63, 3.8) is 0 Å².